The summed E-state index contributed by atoms with van der Waals surface area (Å²) in [5, 5.41) is 0. The maximum Gasteiger partial charge on any atom is 0.0598 e. The highest BCUT2D eigenvalue weighted by atomic mass is 15.4. The van der Waals surface area contributed by atoms with Gasteiger partial charge in [-0.25, -0.2) is 0 Å². The predicted octanol–water partition coefficient (Wildman–Crippen LogP) is 7.25. The molecular weight excluding hydrogens is 316 g/mol. The molecule has 0 N–H and O–H groups in total. The van der Waals surface area contributed by atoms with Gasteiger partial charge in [0.05, 0.1) is 6.17 Å². The first-order chi connectivity index (χ1) is 12.7. The van der Waals surface area contributed by atoms with Crippen LogP contribution >= 0.6 is 0 Å². The summed E-state index contributed by atoms with van der Waals surface area (Å²) in [6, 6.07) is 0.578. The van der Waals surface area contributed by atoms with Crippen LogP contribution in [-0.4, -0.2) is 41.6 Å². The summed E-state index contributed by atoms with van der Waals surface area (Å²) < 4.78 is 0. The molecule has 0 heterocycles. The summed E-state index contributed by atoms with van der Waals surface area (Å²) in [5.41, 5.74) is 0. The predicted molar refractivity (Wildman–Crippen MR) is 120 cm³/mol. The van der Waals surface area contributed by atoms with Gasteiger partial charge in [0.2, 0.25) is 0 Å². The van der Waals surface area contributed by atoms with Gasteiger partial charge in [0, 0.05) is 12.6 Å². The van der Waals surface area contributed by atoms with Gasteiger partial charge in [-0.05, 0) is 39.8 Å². The molecule has 0 saturated heterocycles. The average Bonchev–Trinajstić information content (AvgIpc) is 2.65. The maximum absolute atomic E-state index is 2.73. The van der Waals surface area contributed by atoms with Gasteiger partial charge in [-0.1, -0.05) is 97.6 Å². The molecule has 0 aromatic carbocycles. The average molecular weight is 367 g/mol. The highest BCUT2D eigenvalue weighted by Crippen LogP contribution is 2.17. The number of rotatable bonds is 18. The lowest BCUT2D eigenvalue weighted by molar-refractivity contribution is 0.0396. The van der Waals surface area contributed by atoms with Crippen LogP contribution in [-0.2, 0) is 0 Å². The Kier molecular flexibility index (Phi) is 17.8. The Hall–Kier alpha value is -0.340. The fraction of sp³-hybridized carbons (Fsp3) is 0.917. The largest absolute Gasteiger partial charge is 0.289 e. The fourth-order valence-electron chi connectivity index (χ4n) is 4.08. The van der Waals surface area contributed by atoms with E-state index in [9.17, 15) is 0 Å². The zero-order valence-corrected chi connectivity index (χ0v) is 19.1. The van der Waals surface area contributed by atoms with E-state index in [1.807, 2.05) is 0 Å². The molecule has 0 saturated carbocycles. The summed E-state index contributed by atoms with van der Waals surface area (Å²) in [4.78, 5) is 5.32. The van der Waals surface area contributed by atoms with Gasteiger partial charge in [-0.15, -0.1) is 0 Å². The van der Waals surface area contributed by atoms with E-state index in [1.54, 1.807) is 0 Å². The third kappa shape index (κ3) is 11.4. The minimum absolute atomic E-state index is 0.532. The fourth-order valence-corrected chi connectivity index (χ4v) is 4.08. The maximum atomic E-state index is 2.73. The molecule has 0 amide bonds. The van der Waals surface area contributed by atoms with Gasteiger partial charge in [0.15, 0.2) is 0 Å². The first kappa shape index (κ1) is 25.7. The van der Waals surface area contributed by atoms with Crippen LogP contribution in [0.5, 0.6) is 0 Å². The molecule has 0 spiro atoms. The Bertz CT molecular complexity index is 309. The minimum atomic E-state index is 0.532. The number of hydrogen-bond donors (Lipinski definition) is 0. The van der Waals surface area contributed by atoms with Gasteiger partial charge in [-0.2, -0.15) is 0 Å². The van der Waals surface area contributed by atoms with E-state index < -0.39 is 0 Å². The molecule has 2 unspecified atom stereocenters. The van der Waals surface area contributed by atoms with Crippen LogP contribution in [0.3, 0.4) is 0 Å². The van der Waals surface area contributed by atoms with E-state index in [1.165, 1.54) is 77.2 Å². The summed E-state index contributed by atoms with van der Waals surface area (Å²) >= 11 is 0. The first-order valence-corrected chi connectivity index (χ1v) is 11.8. The Morgan fingerprint density at radius 1 is 0.731 bits per heavy atom. The van der Waals surface area contributed by atoms with E-state index in [0.717, 1.165) is 13.1 Å². The van der Waals surface area contributed by atoms with Crippen LogP contribution in [0, 0.1) is 0 Å². The van der Waals surface area contributed by atoms with Crippen molar-refractivity contribution in [1.29, 1.82) is 0 Å². The van der Waals surface area contributed by atoms with Gasteiger partial charge in [-0.3, -0.25) is 9.80 Å². The van der Waals surface area contributed by atoms with Crippen molar-refractivity contribution >= 4 is 0 Å². The van der Waals surface area contributed by atoms with Crippen molar-refractivity contribution in [1.82, 2.24) is 9.80 Å². The van der Waals surface area contributed by atoms with E-state index in [4.69, 9.17) is 0 Å². The van der Waals surface area contributed by atoms with Crippen LogP contribution < -0.4 is 0 Å². The van der Waals surface area contributed by atoms with Gasteiger partial charge in [0.1, 0.15) is 0 Å². The molecule has 26 heavy (non-hydrogen) atoms. The van der Waals surface area contributed by atoms with Crippen LogP contribution in [0.2, 0.25) is 0 Å². The Labute approximate surface area is 166 Å². The monoisotopic (exact) mass is 366 g/mol. The zero-order chi connectivity index (χ0) is 19.6. The normalized spacial score (nSPS) is 14.6. The van der Waals surface area contributed by atoms with Crippen molar-refractivity contribution in [3.8, 4) is 0 Å². The van der Waals surface area contributed by atoms with E-state index in [2.05, 4.69) is 63.5 Å². The molecule has 2 nitrogen and oxygen atoms in total. The lowest BCUT2D eigenvalue weighted by Gasteiger charge is -2.40. The number of allylic oxidation sites excluding steroid dienone is 1. The number of hydrogen-bond acceptors (Lipinski definition) is 2. The second-order valence-corrected chi connectivity index (χ2v) is 7.77. The Balaban J connectivity index is 4.23. The van der Waals surface area contributed by atoms with Gasteiger partial charge in [0.25, 0.3) is 0 Å². The quantitative estimate of drug-likeness (QED) is 0.143. The van der Waals surface area contributed by atoms with Crippen molar-refractivity contribution in [3.05, 3.63) is 12.2 Å². The third-order valence-corrected chi connectivity index (χ3v) is 5.85. The lowest BCUT2D eigenvalue weighted by atomic mass is 10.1. The highest BCUT2D eigenvalue weighted by Gasteiger charge is 2.23. The molecule has 0 radical (unpaired) electrons. The van der Waals surface area contributed by atoms with Crippen molar-refractivity contribution in [2.75, 3.05) is 19.6 Å². The molecular formula is C24H50N2. The van der Waals surface area contributed by atoms with Crippen molar-refractivity contribution in [2.24, 2.45) is 0 Å². The van der Waals surface area contributed by atoms with Crippen LogP contribution in [0.4, 0.5) is 0 Å². The first-order valence-electron chi connectivity index (χ1n) is 11.8. The van der Waals surface area contributed by atoms with Gasteiger partial charge >= 0.3 is 0 Å². The summed E-state index contributed by atoms with van der Waals surface area (Å²) in [6.07, 6.45) is 20.5. The smallest absolute Gasteiger partial charge is 0.0598 e. The molecule has 2 atom stereocenters. The summed E-state index contributed by atoms with van der Waals surface area (Å²) in [5.74, 6) is 0. The van der Waals surface area contributed by atoms with Gasteiger partial charge < -0.3 is 0 Å². The Morgan fingerprint density at radius 2 is 1.23 bits per heavy atom. The van der Waals surface area contributed by atoms with E-state index in [-0.39, 0.29) is 0 Å². The molecule has 0 aromatic rings. The molecule has 0 aliphatic heterocycles. The highest BCUT2D eigenvalue weighted by molar-refractivity contribution is 4.93. The minimum Gasteiger partial charge on any atom is -0.289 e. The second kappa shape index (κ2) is 18.0. The molecule has 0 bridgehead atoms. The van der Waals surface area contributed by atoms with Crippen molar-refractivity contribution < 1.29 is 0 Å². The third-order valence-electron chi connectivity index (χ3n) is 5.85. The molecule has 2 heteroatoms. The Morgan fingerprint density at radius 3 is 1.65 bits per heavy atom. The molecule has 0 fully saturated rings. The number of nitrogens with zero attached hydrogens (tertiary/aromatic N) is 2. The van der Waals surface area contributed by atoms with Crippen molar-refractivity contribution in [3.63, 3.8) is 0 Å². The zero-order valence-electron chi connectivity index (χ0n) is 19.1. The number of unbranched alkanes of at least 4 members (excludes halogenated alkanes) is 9. The lowest BCUT2D eigenvalue weighted by Crippen LogP contribution is -2.50. The molecule has 0 rings (SSSR count). The summed E-state index contributed by atoms with van der Waals surface area (Å²) in [6.45, 7) is 17.3. The topological polar surface area (TPSA) is 6.48 Å². The van der Waals surface area contributed by atoms with Crippen molar-refractivity contribution in [2.45, 2.75) is 124 Å². The molecule has 0 aliphatic carbocycles. The molecule has 0 aliphatic rings. The standard InChI is InChI=1S/C24H50N2/c1-7-12-13-14-15-16-17-18-19-20-22-26(24(9-3)21-8-2)23(6)25(10-4)11-5/h8,21,23-24H,7,9-20,22H2,1-6H3. The van der Waals surface area contributed by atoms with Crippen LogP contribution in [0.15, 0.2) is 12.2 Å². The SMILES string of the molecule is CC=CC(CC)N(CCCCCCCCCCCC)C(C)N(CC)CC. The molecule has 156 valence electrons. The van der Waals surface area contributed by atoms with E-state index >= 15 is 0 Å². The van der Waals surface area contributed by atoms with Crippen LogP contribution in [0.1, 0.15) is 112 Å². The molecule has 0 aromatic heterocycles. The summed E-state index contributed by atoms with van der Waals surface area (Å²) in [7, 11) is 0. The van der Waals surface area contributed by atoms with E-state index in [0.29, 0.717) is 12.2 Å². The van der Waals surface area contributed by atoms with Crippen LogP contribution in [0.25, 0.3) is 0 Å². The second-order valence-electron chi connectivity index (χ2n) is 7.77.